The molecule has 2 heterocycles. The van der Waals surface area contributed by atoms with Gasteiger partial charge in [0.2, 0.25) is 5.91 Å². The minimum atomic E-state index is -4.63. The Morgan fingerprint density at radius 3 is 2.51 bits per heavy atom. The zero-order valence-corrected chi connectivity index (χ0v) is 19.1. The van der Waals surface area contributed by atoms with Gasteiger partial charge < -0.3 is 20.5 Å². The van der Waals surface area contributed by atoms with Gasteiger partial charge in [0.1, 0.15) is 18.1 Å². The number of imidazole rings is 1. The van der Waals surface area contributed by atoms with E-state index in [4.69, 9.17) is 17.3 Å². The van der Waals surface area contributed by atoms with Crippen LogP contribution >= 0.6 is 11.6 Å². The Bertz CT molecular complexity index is 1170. The number of hydrogen-bond donors (Lipinski definition) is 2. The van der Waals surface area contributed by atoms with Gasteiger partial charge in [-0.05, 0) is 50.3 Å². The molecule has 1 aromatic heterocycles. The summed E-state index contributed by atoms with van der Waals surface area (Å²) < 4.78 is 52.5. The lowest BCUT2D eigenvalue weighted by atomic mass is 9.71. The SMILES string of the molecule is NC(=O)c1ncn(C2CCC3(CC2)CCN(c2ccc(F)cc2Cl)C3=O)c1C(=O)NCC(F)(F)F. The highest BCUT2D eigenvalue weighted by Gasteiger charge is 2.49. The number of carbonyl (C=O) groups excluding carboxylic acids is 3. The van der Waals surface area contributed by atoms with Crippen LogP contribution < -0.4 is 16.0 Å². The zero-order valence-electron chi connectivity index (χ0n) is 18.4. The summed E-state index contributed by atoms with van der Waals surface area (Å²) in [6, 6.07) is 3.47. The number of benzene rings is 1. The molecule has 4 rings (SSSR count). The summed E-state index contributed by atoms with van der Waals surface area (Å²) in [5.41, 5.74) is 4.29. The van der Waals surface area contributed by atoms with Gasteiger partial charge in [-0.2, -0.15) is 13.2 Å². The van der Waals surface area contributed by atoms with Crippen LogP contribution in [0, 0.1) is 11.2 Å². The highest BCUT2D eigenvalue weighted by Crippen LogP contribution is 2.49. The molecular weight excluding hydrogens is 494 g/mol. The third-order valence-electron chi connectivity index (χ3n) is 6.71. The molecule has 0 atom stereocenters. The molecule has 3 N–H and O–H groups in total. The summed E-state index contributed by atoms with van der Waals surface area (Å²) in [6.45, 7) is -1.16. The van der Waals surface area contributed by atoms with E-state index < -0.39 is 41.5 Å². The van der Waals surface area contributed by atoms with Crippen LogP contribution in [0.25, 0.3) is 0 Å². The first-order chi connectivity index (χ1) is 16.4. The second-order valence-electron chi connectivity index (χ2n) is 8.83. The van der Waals surface area contributed by atoms with E-state index >= 15 is 0 Å². The quantitative estimate of drug-likeness (QED) is 0.593. The van der Waals surface area contributed by atoms with Crippen molar-refractivity contribution in [2.45, 2.75) is 44.3 Å². The number of aromatic nitrogens is 2. The average molecular weight is 516 g/mol. The van der Waals surface area contributed by atoms with Crippen LogP contribution in [0.3, 0.4) is 0 Å². The van der Waals surface area contributed by atoms with E-state index in [0.717, 1.165) is 6.07 Å². The first kappa shape index (κ1) is 25.0. The van der Waals surface area contributed by atoms with Crippen molar-refractivity contribution < 1.29 is 31.9 Å². The molecular formula is C22H22ClF4N5O3. The first-order valence-electron chi connectivity index (χ1n) is 10.9. The Balaban J connectivity index is 1.51. The van der Waals surface area contributed by atoms with Crippen LogP contribution in [-0.4, -0.2) is 46.5 Å². The molecule has 0 unspecified atom stereocenters. The van der Waals surface area contributed by atoms with E-state index in [1.54, 1.807) is 10.2 Å². The van der Waals surface area contributed by atoms with Gasteiger partial charge in [0, 0.05) is 12.6 Å². The van der Waals surface area contributed by atoms with Gasteiger partial charge in [-0.15, -0.1) is 0 Å². The van der Waals surface area contributed by atoms with Gasteiger partial charge in [0.05, 0.1) is 22.5 Å². The molecule has 8 nitrogen and oxygen atoms in total. The van der Waals surface area contributed by atoms with E-state index in [1.165, 1.54) is 23.0 Å². The number of amides is 3. The molecule has 13 heteroatoms. The third-order valence-corrected chi connectivity index (χ3v) is 7.01. The fraction of sp³-hybridized carbons (Fsp3) is 0.455. The number of anilines is 1. The average Bonchev–Trinajstić information content (AvgIpc) is 3.36. The summed E-state index contributed by atoms with van der Waals surface area (Å²) in [6.07, 6.45) is -1.13. The van der Waals surface area contributed by atoms with Crippen molar-refractivity contribution in [3.05, 3.63) is 46.8 Å². The Morgan fingerprint density at radius 1 is 1.23 bits per heavy atom. The van der Waals surface area contributed by atoms with Crippen molar-refractivity contribution in [1.82, 2.24) is 14.9 Å². The minimum Gasteiger partial charge on any atom is -0.364 e. The molecule has 188 valence electrons. The maximum atomic E-state index is 13.4. The van der Waals surface area contributed by atoms with Crippen LogP contribution in [0.2, 0.25) is 5.02 Å². The molecule has 2 aromatic rings. The maximum absolute atomic E-state index is 13.4. The van der Waals surface area contributed by atoms with Crippen molar-refractivity contribution in [2.75, 3.05) is 18.0 Å². The lowest BCUT2D eigenvalue weighted by Gasteiger charge is -2.36. The standard InChI is InChI=1S/C22H22ClF4N5O3/c23-14-9-12(24)1-2-15(14)31-8-7-21(20(31)35)5-3-13(4-6-21)32-11-30-16(18(28)33)17(32)19(34)29-10-22(25,26)27/h1-2,9,11,13H,3-8,10H2,(H2,28,33)(H,29,34). The first-order valence-corrected chi connectivity index (χ1v) is 11.3. The van der Waals surface area contributed by atoms with Crippen LogP contribution in [0.4, 0.5) is 23.2 Å². The molecule has 35 heavy (non-hydrogen) atoms. The molecule has 3 amide bonds. The van der Waals surface area contributed by atoms with Crippen molar-refractivity contribution >= 4 is 35.0 Å². The fourth-order valence-electron chi connectivity index (χ4n) is 4.96. The van der Waals surface area contributed by atoms with E-state index in [-0.39, 0.29) is 22.7 Å². The highest BCUT2D eigenvalue weighted by atomic mass is 35.5. The number of nitrogens with two attached hydrogens (primary N) is 1. The second kappa shape index (κ2) is 9.14. The molecule has 1 saturated heterocycles. The molecule has 1 spiro atoms. The predicted octanol–water partition coefficient (Wildman–Crippen LogP) is 3.61. The fourth-order valence-corrected chi connectivity index (χ4v) is 5.22. The number of nitrogens with zero attached hydrogens (tertiary/aromatic N) is 3. The number of primary amides is 1. The van der Waals surface area contributed by atoms with Crippen LogP contribution in [0.5, 0.6) is 0 Å². The van der Waals surface area contributed by atoms with E-state index in [9.17, 15) is 31.9 Å². The summed E-state index contributed by atoms with van der Waals surface area (Å²) in [5.74, 6) is -2.78. The number of alkyl halides is 3. The monoisotopic (exact) mass is 515 g/mol. The molecule has 0 bridgehead atoms. The number of hydrogen-bond acceptors (Lipinski definition) is 4. The zero-order chi connectivity index (χ0) is 25.5. The maximum Gasteiger partial charge on any atom is 0.405 e. The van der Waals surface area contributed by atoms with E-state index in [1.807, 2.05) is 0 Å². The Kier molecular flexibility index (Phi) is 6.52. The normalized spacial score (nSPS) is 22.6. The number of nitrogens with one attached hydrogen (secondary N) is 1. The van der Waals surface area contributed by atoms with Gasteiger partial charge in [-0.3, -0.25) is 14.4 Å². The van der Waals surface area contributed by atoms with Gasteiger partial charge in [0.15, 0.2) is 5.69 Å². The van der Waals surface area contributed by atoms with Crippen LogP contribution in [0.15, 0.2) is 24.5 Å². The minimum absolute atomic E-state index is 0.129. The lowest BCUT2D eigenvalue weighted by molar-refractivity contribution is -0.127. The summed E-state index contributed by atoms with van der Waals surface area (Å²) >= 11 is 6.14. The summed E-state index contributed by atoms with van der Waals surface area (Å²) in [4.78, 5) is 43.0. The van der Waals surface area contributed by atoms with Gasteiger partial charge in [-0.25, -0.2) is 9.37 Å². The summed E-state index contributed by atoms with van der Waals surface area (Å²) in [5, 5.41) is 1.89. The second-order valence-corrected chi connectivity index (χ2v) is 9.23. The Labute approximate surface area is 202 Å². The predicted molar refractivity (Wildman–Crippen MR) is 117 cm³/mol. The molecule has 1 saturated carbocycles. The number of carbonyl (C=O) groups is 3. The molecule has 1 aromatic carbocycles. The number of rotatable bonds is 5. The van der Waals surface area contributed by atoms with Crippen molar-refractivity contribution in [1.29, 1.82) is 0 Å². The van der Waals surface area contributed by atoms with Crippen molar-refractivity contribution in [3.8, 4) is 0 Å². The molecule has 1 aliphatic heterocycles. The summed E-state index contributed by atoms with van der Waals surface area (Å²) in [7, 11) is 0. The smallest absolute Gasteiger partial charge is 0.364 e. The Morgan fingerprint density at radius 2 is 1.91 bits per heavy atom. The molecule has 0 radical (unpaired) electrons. The van der Waals surface area contributed by atoms with E-state index in [2.05, 4.69) is 4.98 Å². The largest absolute Gasteiger partial charge is 0.405 e. The molecule has 2 aliphatic rings. The van der Waals surface area contributed by atoms with Gasteiger partial charge in [0.25, 0.3) is 11.8 Å². The lowest BCUT2D eigenvalue weighted by Crippen LogP contribution is -2.39. The topological polar surface area (TPSA) is 110 Å². The van der Waals surface area contributed by atoms with E-state index in [0.29, 0.717) is 44.3 Å². The molecule has 1 aliphatic carbocycles. The Hall–Kier alpha value is -3.15. The molecule has 2 fully saturated rings. The van der Waals surface area contributed by atoms with Crippen molar-refractivity contribution in [2.24, 2.45) is 11.1 Å². The van der Waals surface area contributed by atoms with Gasteiger partial charge in [-0.1, -0.05) is 11.6 Å². The van der Waals surface area contributed by atoms with Crippen LogP contribution in [0.1, 0.15) is 59.1 Å². The number of halogens is 5. The van der Waals surface area contributed by atoms with Crippen LogP contribution in [-0.2, 0) is 4.79 Å². The highest BCUT2D eigenvalue weighted by molar-refractivity contribution is 6.34. The van der Waals surface area contributed by atoms with Gasteiger partial charge >= 0.3 is 6.18 Å². The third kappa shape index (κ3) is 4.84. The van der Waals surface area contributed by atoms with Crippen molar-refractivity contribution in [3.63, 3.8) is 0 Å².